The summed E-state index contributed by atoms with van der Waals surface area (Å²) < 4.78 is 1.59. The molecule has 0 radical (unpaired) electrons. The predicted molar refractivity (Wildman–Crippen MR) is 39.6 cm³/mol. The minimum atomic E-state index is 0.0881. The number of aliphatic hydroxyl groups excluding tert-OH is 1. The Kier molecular flexibility index (Phi) is 2.64. The lowest BCUT2D eigenvalue weighted by atomic mass is 10.4. The van der Waals surface area contributed by atoms with Crippen LogP contribution in [0.4, 0.5) is 0 Å². The zero-order chi connectivity index (χ0) is 8.10. The minimum absolute atomic E-state index is 0.0881. The van der Waals surface area contributed by atoms with Gasteiger partial charge in [0.05, 0.1) is 6.61 Å². The summed E-state index contributed by atoms with van der Waals surface area (Å²) in [7, 11) is 1.77. The Morgan fingerprint density at radius 1 is 1.73 bits per heavy atom. The highest BCUT2D eigenvalue weighted by molar-refractivity contribution is 5.19. The van der Waals surface area contributed by atoms with Crippen LogP contribution in [0.3, 0.4) is 0 Å². The van der Waals surface area contributed by atoms with Crippen LogP contribution in [0.25, 0.3) is 0 Å². The van der Waals surface area contributed by atoms with Crippen molar-refractivity contribution in [2.45, 2.75) is 6.42 Å². The Hall–Kier alpha value is -1.34. The van der Waals surface area contributed by atoms with Gasteiger partial charge in [-0.3, -0.25) is 0 Å². The fraction of sp³-hybridized carbons (Fsp3) is 0.429. The van der Waals surface area contributed by atoms with E-state index in [1.54, 1.807) is 11.7 Å². The maximum Gasteiger partial charge on any atom is 0.203 e. The van der Waals surface area contributed by atoms with E-state index >= 15 is 0 Å². The van der Waals surface area contributed by atoms with E-state index in [0.717, 1.165) is 0 Å². The quantitative estimate of drug-likeness (QED) is 0.553. The average molecular weight is 151 g/mol. The second-order valence-electron chi connectivity index (χ2n) is 1.98. The van der Waals surface area contributed by atoms with Gasteiger partial charge in [-0.1, -0.05) is 5.92 Å². The molecule has 1 aromatic rings. The van der Waals surface area contributed by atoms with Crippen molar-refractivity contribution in [2.24, 2.45) is 7.05 Å². The molecule has 0 atom stereocenters. The van der Waals surface area contributed by atoms with Gasteiger partial charge in [0.2, 0.25) is 5.82 Å². The van der Waals surface area contributed by atoms with Crippen molar-refractivity contribution in [3.63, 3.8) is 0 Å². The summed E-state index contributed by atoms with van der Waals surface area (Å²) in [6, 6.07) is 0. The second kappa shape index (κ2) is 3.74. The Balaban J connectivity index is 2.65. The third-order valence-corrected chi connectivity index (χ3v) is 1.15. The molecule has 0 bridgehead atoms. The molecule has 0 aliphatic heterocycles. The lowest BCUT2D eigenvalue weighted by Crippen LogP contribution is -1.94. The van der Waals surface area contributed by atoms with Gasteiger partial charge in [-0.2, -0.15) is 5.10 Å². The number of aromatic nitrogens is 3. The van der Waals surface area contributed by atoms with Crippen LogP contribution in [0, 0.1) is 11.8 Å². The van der Waals surface area contributed by atoms with Crippen molar-refractivity contribution in [1.82, 2.24) is 14.8 Å². The summed E-state index contributed by atoms with van der Waals surface area (Å²) in [6.07, 6.45) is 1.93. The summed E-state index contributed by atoms with van der Waals surface area (Å²) >= 11 is 0. The molecule has 4 heteroatoms. The van der Waals surface area contributed by atoms with Gasteiger partial charge in [-0.05, 0) is 5.92 Å². The van der Waals surface area contributed by atoms with Crippen LogP contribution in [-0.2, 0) is 7.05 Å². The maximum atomic E-state index is 8.42. The number of aryl methyl sites for hydroxylation is 1. The summed E-state index contributed by atoms with van der Waals surface area (Å²) in [5.74, 6) is 6.15. The third-order valence-electron chi connectivity index (χ3n) is 1.15. The highest BCUT2D eigenvalue weighted by atomic mass is 16.2. The largest absolute Gasteiger partial charge is 0.395 e. The molecule has 1 aromatic heterocycles. The first-order valence-corrected chi connectivity index (χ1v) is 3.28. The zero-order valence-corrected chi connectivity index (χ0v) is 6.28. The lowest BCUT2D eigenvalue weighted by Gasteiger charge is -1.86. The molecular formula is C7H9N3O. The van der Waals surface area contributed by atoms with Gasteiger partial charge in [-0.15, -0.1) is 0 Å². The van der Waals surface area contributed by atoms with Gasteiger partial charge < -0.3 is 5.11 Å². The van der Waals surface area contributed by atoms with Gasteiger partial charge >= 0.3 is 0 Å². The lowest BCUT2D eigenvalue weighted by molar-refractivity contribution is 0.305. The number of rotatable bonds is 1. The first-order valence-electron chi connectivity index (χ1n) is 3.28. The number of nitrogens with zero attached hydrogens (tertiary/aromatic N) is 3. The van der Waals surface area contributed by atoms with Crippen LogP contribution < -0.4 is 0 Å². The van der Waals surface area contributed by atoms with Crippen LogP contribution in [0.2, 0.25) is 0 Å². The molecule has 0 saturated carbocycles. The third kappa shape index (κ3) is 2.06. The van der Waals surface area contributed by atoms with E-state index in [-0.39, 0.29) is 6.61 Å². The molecule has 0 spiro atoms. The first kappa shape index (κ1) is 7.76. The molecule has 1 N–H and O–H groups in total. The van der Waals surface area contributed by atoms with Gasteiger partial charge in [0.1, 0.15) is 6.33 Å². The van der Waals surface area contributed by atoms with E-state index in [1.807, 2.05) is 0 Å². The molecular weight excluding hydrogens is 142 g/mol. The van der Waals surface area contributed by atoms with Crippen LogP contribution in [0.15, 0.2) is 6.33 Å². The number of hydrogen-bond donors (Lipinski definition) is 1. The summed E-state index contributed by atoms with van der Waals surface area (Å²) in [4.78, 5) is 3.88. The molecule has 0 fully saturated rings. The van der Waals surface area contributed by atoms with E-state index < -0.39 is 0 Å². The van der Waals surface area contributed by atoms with Crippen molar-refractivity contribution in [1.29, 1.82) is 0 Å². The fourth-order valence-electron chi connectivity index (χ4n) is 0.607. The van der Waals surface area contributed by atoms with E-state index in [2.05, 4.69) is 21.9 Å². The molecule has 0 aromatic carbocycles. The Morgan fingerprint density at radius 2 is 2.55 bits per heavy atom. The van der Waals surface area contributed by atoms with E-state index in [9.17, 15) is 0 Å². The summed E-state index contributed by atoms with van der Waals surface area (Å²) in [6.45, 7) is 0.0881. The molecule has 0 unspecified atom stereocenters. The summed E-state index contributed by atoms with van der Waals surface area (Å²) in [5, 5.41) is 12.3. The molecule has 0 aliphatic rings. The molecule has 0 aliphatic carbocycles. The van der Waals surface area contributed by atoms with Gasteiger partial charge in [0, 0.05) is 13.5 Å². The summed E-state index contributed by atoms with van der Waals surface area (Å²) in [5.41, 5.74) is 0. The molecule has 11 heavy (non-hydrogen) atoms. The Morgan fingerprint density at radius 3 is 3.09 bits per heavy atom. The second-order valence-corrected chi connectivity index (χ2v) is 1.98. The fourth-order valence-corrected chi connectivity index (χ4v) is 0.607. The van der Waals surface area contributed by atoms with Crippen molar-refractivity contribution < 1.29 is 5.11 Å². The highest BCUT2D eigenvalue weighted by Crippen LogP contribution is 1.85. The minimum Gasteiger partial charge on any atom is -0.395 e. The molecule has 4 nitrogen and oxygen atoms in total. The number of aliphatic hydroxyl groups is 1. The SMILES string of the molecule is Cn1ncnc1C#CCCO. The van der Waals surface area contributed by atoms with Crippen LogP contribution in [0.5, 0.6) is 0 Å². The van der Waals surface area contributed by atoms with Crippen molar-refractivity contribution in [3.05, 3.63) is 12.2 Å². The molecule has 1 heterocycles. The van der Waals surface area contributed by atoms with Crippen LogP contribution in [0.1, 0.15) is 12.2 Å². The molecule has 58 valence electrons. The van der Waals surface area contributed by atoms with Crippen LogP contribution >= 0.6 is 0 Å². The van der Waals surface area contributed by atoms with Crippen molar-refractivity contribution in [2.75, 3.05) is 6.61 Å². The van der Waals surface area contributed by atoms with Crippen molar-refractivity contribution in [3.8, 4) is 11.8 Å². The molecule has 0 amide bonds. The van der Waals surface area contributed by atoms with E-state index in [1.165, 1.54) is 6.33 Å². The standard InChI is InChI=1S/C7H9N3O/c1-10-7(8-6-9-10)4-2-3-5-11/h6,11H,3,5H2,1H3. The number of hydrogen-bond acceptors (Lipinski definition) is 3. The molecule has 1 rings (SSSR count). The van der Waals surface area contributed by atoms with E-state index in [0.29, 0.717) is 12.2 Å². The monoisotopic (exact) mass is 151 g/mol. The first-order chi connectivity index (χ1) is 5.34. The average Bonchev–Trinajstić information content (AvgIpc) is 2.37. The molecule has 0 saturated heterocycles. The topological polar surface area (TPSA) is 50.9 Å². The van der Waals surface area contributed by atoms with E-state index in [4.69, 9.17) is 5.11 Å². The maximum absolute atomic E-state index is 8.42. The smallest absolute Gasteiger partial charge is 0.203 e. The zero-order valence-electron chi connectivity index (χ0n) is 6.28. The van der Waals surface area contributed by atoms with Gasteiger partial charge in [0.15, 0.2) is 0 Å². The van der Waals surface area contributed by atoms with Gasteiger partial charge in [-0.25, -0.2) is 9.67 Å². The normalized spacial score (nSPS) is 8.91. The highest BCUT2D eigenvalue weighted by Gasteiger charge is 1.91. The predicted octanol–water partition coefficient (Wildman–Crippen LogP) is -0.451. The Labute approximate surface area is 64.9 Å². The van der Waals surface area contributed by atoms with Crippen molar-refractivity contribution >= 4 is 0 Å². The van der Waals surface area contributed by atoms with Crippen LogP contribution in [-0.4, -0.2) is 26.5 Å². The Bertz CT molecular complexity index is 281. The van der Waals surface area contributed by atoms with Gasteiger partial charge in [0.25, 0.3) is 0 Å².